The van der Waals surface area contributed by atoms with Crippen LogP contribution in [0.2, 0.25) is 10.0 Å². The lowest BCUT2D eigenvalue weighted by molar-refractivity contribution is -0.137. The van der Waals surface area contributed by atoms with E-state index in [2.05, 4.69) is 0 Å². The summed E-state index contributed by atoms with van der Waals surface area (Å²) >= 11 is 11.5. The lowest BCUT2D eigenvalue weighted by Crippen LogP contribution is -2.35. The normalized spacial score (nSPS) is 12.4. The summed E-state index contributed by atoms with van der Waals surface area (Å²) < 4.78 is 61.2. The van der Waals surface area contributed by atoms with E-state index in [1.165, 1.54) is 0 Å². The Morgan fingerprint density at radius 3 is 1.96 bits per heavy atom. The highest BCUT2D eigenvalue weighted by molar-refractivity contribution is 7.90. The van der Waals surface area contributed by atoms with Crippen LogP contribution in [0.5, 0.6) is 0 Å². The van der Waals surface area contributed by atoms with E-state index in [0.29, 0.717) is 22.8 Å². The maximum atomic E-state index is 12.7. The van der Waals surface area contributed by atoms with Crippen molar-refractivity contribution in [3.63, 3.8) is 0 Å². The molecular weight excluding hydrogens is 396 g/mol. The molecule has 0 aliphatic carbocycles. The highest BCUT2D eigenvalue weighted by Crippen LogP contribution is 2.36. The molecular formula is C12H7Cl2F3N2O4S. The van der Waals surface area contributed by atoms with E-state index in [-0.39, 0.29) is 0 Å². The Bertz CT molecular complexity index is 987. The van der Waals surface area contributed by atoms with E-state index >= 15 is 0 Å². The summed E-state index contributed by atoms with van der Waals surface area (Å²) in [5, 5.41) is -1.85. The van der Waals surface area contributed by atoms with Crippen LogP contribution in [0.4, 0.5) is 13.2 Å². The van der Waals surface area contributed by atoms with Crippen molar-refractivity contribution in [3.8, 4) is 5.69 Å². The van der Waals surface area contributed by atoms with Gasteiger partial charge in [0.25, 0.3) is 5.56 Å². The summed E-state index contributed by atoms with van der Waals surface area (Å²) in [6.45, 7) is 0. The molecule has 0 unspecified atom stereocenters. The molecule has 130 valence electrons. The minimum absolute atomic E-state index is 0.347. The molecule has 0 aliphatic heterocycles. The van der Waals surface area contributed by atoms with Gasteiger partial charge in [-0.2, -0.15) is 13.2 Å². The second-order valence-electron chi connectivity index (χ2n) is 4.67. The van der Waals surface area contributed by atoms with E-state index < -0.39 is 53.6 Å². The average molecular weight is 403 g/mol. The van der Waals surface area contributed by atoms with Crippen LogP contribution >= 0.6 is 23.2 Å². The van der Waals surface area contributed by atoms with Crippen LogP contribution in [0.1, 0.15) is 5.56 Å². The quantitative estimate of drug-likeness (QED) is 0.780. The summed E-state index contributed by atoms with van der Waals surface area (Å²) in [6.07, 6.45) is -3.97. The van der Waals surface area contributed by atoms with Gasteiger partial charge in [0.15, 0.2) is 9.84 Å². The van der Waals surface area contributed by atoms with Crippen molar-refractivity contribution in [2.24, 2.45) is 0 Å². The fraction of sp³-hybridized carbons (Fsp3) is 0.167. The van der Waals surface area contributed by atoms with Crippen LogP contribution in [-0.4, -0.2) is 24.2 Å². The zero-order valence-corrected chi connectivity index (χ0v) is 13.9. The van der Waals surface area contributed by atoms with Crippen LogP contribution in [0, 0.1) is 0 Å². The van der Waals surface area contributed by atoms with Crippen LogP contribution in [0.25, 0.3) is 5.69 Å². The van der Waals surface area contributed by atoms with Crippen molar-refractivity contribution < 1.29 is 21.6 Å². The molecule has 0 aliphatic rings. The number of sulfone groups is 1. The van der Waals surface area contributed by atoms with Gasteiger partial charge in [-0.05, 0) is 12.1 Å². The summed E-state index contributed by atoms with van der Waals surface area (Å²) in [4.78, 5) is 26.0. The number of nitrogens with zero attached hydrogens (tertiary/aromatic N) is 1. The fourth-order valence-corrected chi connectivity index (χ4v) is 3.07. The highest BCUT2D eigenvalue weighted by Gasteiger charge is 2.32. The van der Waals surface area contributed by atoms with Crippen molar-refractivity contribution in [3.05, 3.63) is 54.6 Å². The predicted octanol–water partition coefficient (Wildman–Crippen LogP) is 2.25. The maximum absolute atomic E-state index is 12.7. The number of halogens is 5. The standard InChI is InChI=1S/C12H7Cl2F3N2O4S/c1-24(22,23)8-4-9(20)19(11(21)18-8)10-6(13)2-5(3-7(10)14)12(15,16)17/h2-4H,1H3,(H,18,21). The number of rotatable bonds is 2. The van der Waals surface area contributed by atoms with E-state index in [9.17, 15) is 31.2 Å². The number of hydrogen-bond donors (Lipinski definition) is 1. The second kappa shape index (κ2) is 5.94. The molecule has 0 radical (unpaired) electrons. The minimum atomic E-state index is -4.73. The number of aromatic nitrogens is 2. The molecule has 0 saturated carbocycles. The summed E-state index contributed by atoms with van der Waals surface area (Å²) in [5.41, 5.74) is -4.00. The maximum Gasteiger partial charge on any atom is 0.416 e. The van der Waals surface area contributed by atoms with Gasteiger partial charge in [0.1, 0.15) is 5.03 Å². The molecule has 24 heavy (non-hydrogen) atoms. The number of alkyl halides is 3. The van der Waals surface area contributed by atoms with Crippen LogP contribution in [0.15, 0.2) is 32.8 Å². The fourth-order valence-electron chi connectivity index (χ4n) is 1.83. The van der Waals surface area contributed by atoms with Gasteiger partial charge in [0.05, 0.1) is 21.3 Å². The molecule has 2 aromatic rings. The Balaban J connectivity index is 2.80. The summed E-state index contributed by atoms with van der Waals surface area (Å²) in [6, 6.07) is 1.60. The molecule has 0 spiro atoms. The zero-order chi connectivity index (χ0) is 18.4. The zero-order valence-electron chi connectivity index (χ0n) is 11.6. The number of nitrogens with one attached hydrogen (secondary N) is 1. The third-order valence-corrected chi connectivity index (χ3v) is 4.47. The van der Waals surface area contributed by atoms with E-state index in [1.807, 2.05) is 4.98 Å². The summed E-state index contributed by atoms with van der Waals surface area (Å²) in [7, 11) is -3.88. The first kappa shape index (κ1) is 18.6. The molecule has 0 saturated heterocycles. The van der Waals surface area contributed by atoms with Gasteiger partial charge in [-0.25, -0.2) is 17.8 Å². The molecule has 2 rings (SSSR count). The lowest BCUT2D eigenvalue weighted by atomic mass is 10.2. The highest BCUT2D eigenvalue weighted by atomic mass is 35.5. The van der Waals surface area contributed by atoms with Crippen LogP contribution in [0.3, 0.4) is 0 Å². The molecule has 0 atom stereocenters. The number of aromatic amines is 1. The Labute approximate surface area is 142 Å². The van der Waals surface area contributed by atoms with Crippen molar-refractivity contribution in [2.45, 2.75) is 11.2 Å². The topological polar surface area (TPSA) is 89.0 Å². The first-order chi connectivity index (χ1) is 10.8. The van der Waals surface area contributed by atoms with Crippen LogP contribution < -0.4 is 11.2 Å². The molecule has 1 aromatic carbocycles. The third kappa shape index (κ3) is 3.50. The van der Waals surface area contributed by atoms with Gasteiger partial charge in [-0.15, -0.1) is 0 Å². The largest absolute Gasteiger partial charge is 0.416 e. The van der Waals surface area contributed by atoms with Gasteiger partial charge in [0, 0.05) is 12.3 Å². The molecule has 1 N–H and O–H groups in total. The lowest BCUT2D eigenvalue weighted by Gasteiger charge is -2.13. The predicted molar refractivity (Wildman–Crippen MR) is 80.8 cm³/mol. The van der Waals surface area contributed by atoms with Crippen molar-refractivity contribution in [1.82, 2.24) is 9.55 Å². The van der Waals surface area contributed by atoms with E-state index in [4.69, 9.17) is 23.2 Å². The smallest absolute Gasteiger partial charge is 0.297 e. The Morgan fingerprint density at radius 2 is 1.58 bits per heavy atom. The van der Waals surface area contributed by atoms with E-state index in [1.54, 1.807) is 0 Å². The van der Waals surface area contributed by atoms with Crippen molar-refractivity contribution in [1.29, 1.82) is 0 Å². The molecule has 0 amide bonds. The monoisotopic (exact) mass is 402 g/mol. The van der Waals surface area contributed by atoms with Gasteiger partial charge in [-0.1, -0.05) is 23.2 Å². The first-order valence-electron chi connectivity index (χ1n) is 5.95. The summed E-state index contributed by atoms with van der Waals surface area (Å²) in [5.74, 6) is 0. The van der Waals surface area contributed by atoms with Gasteiger partial charge in [0.2, 0.25) is 0 Å². The molecule has 0 fully saturated rings. The molecule has 6 nitrogen and oxygen atoms in total. The van der Waals surface area contributed by atoms with Gasteiger partial charge >= 0.3 is 11.9 Å². The molecule has 12 heteroatoms. The van der Waals surface area contributed by atoms with E-state index in [0.717, 1.165) is 6.26 Å². The SMILES string of the molecule is CS(=O)(=O)c1cc(=O)n(-c2c(Cl)cc(C(F)(F)F)cc2Cl)c(=O)[nH]1. The third-order valence-electron chi connectivity index (χ3n) is 2.88. The number of H-pyrrole nitrogens is 1. The van der Waals surface area contributed by atoms with Crippen LogP contribution in [-0.2, 0) is 16.0 Å². The van der Waals surface area contributed by atoms with Crippen molar-refractivity contribution in [2.75, 3.05) is 6.26 Å². The molecule has 1 heterocycles. The van der Waals surface area contributed by atoms with Gasteiger partial charge < -0.3 is 0 Å². The Hall–Kier alpha value is -1.78. The molecule has 1 aromatic heterocycles. The molecule has 0 bridgehead atoms. The van der Waals surface area contributed by atoms with Crippen molar-refractivity contribution >= 4 is 33.0 Å². The minimum Gasteiger partial charge on any atom is -0.297 e. The number of benzene rings is 1. The Kier molecular flexibility index (Phi) is 4.59. The average Bonchev–Trinajstić information content (AvgIpc) is 2.38. The second-order valence-corrected chi connectivity index (χ2v) is 7.47. The number of hydrogen-bond acceptors (Lipinski definition) is 4. The Morgan fingerprint density at radius 1 is 1.08 bits per heavy atom. The first-order valence-corrected chi connectivity index (χ1v) is 8.60. The van der Waals surface area contributed by atoms with Gasteiger partial charge in [-0.3, -0.25) is 9.78 Å².